The summed E-state index contributed by atoms with van der Waals surface area (Å²) in [4.78, 5) is 48.3. The molecular formula is C20H24O10S2. The first-order chi connectivity index (χ1) is 14.9. The number of rotatable bonds is 10. The van der Waals surface area contributed by atoms with E-state index in [2.05, 4.69) is 23.6 Å². The molecule has 0 aliphatic carbocycles. The van der Waals surface area contributed by atoms with E-state index in [4.69, 9.17) is 23.4 Å². The summed E-state index contributed by atoms with van der Waals surface area (Å²) >= 11 is 4.79. The summed E-state index contributed by atoms with van der Waals surface area (Å²) in [7, 11) is 0. The monoisotopic (exact) mass is 488 g/mol. The number of carbonyl (C=O) groups excluding carboxylic acids is 3. The highest BCUT2D eigenvalue weighted by atomic mass is 32.2. The largest absolute Gasteiger partial charge is 0.519 e. The molecule has 0 fully saturated rings. The van der Waals surface area contributed by atoms with E-state index in [1.807, 2.05) is 0 Å². The van der Waals surface area contributed by atoms with Crippen molar-refractivity contribution in [3.63, 3.8) is 0 Å². The minimum Gasteiger partial charge on any atom is -0.457 e. The Kier molecular flexibility index (Phi) is 8.67. The predicted molar refractivity (Wildman–Crippen MR) is 116 cm³/mol. The smallest absolute Gasteiger partial charge is 0.457 e. The lowest BCUT2D eigenvalue weighted by Crippen LogP contribution is -2.34. The van der Waals surface area contributed by atoms with Crippen LogP contribution in [0.3, 0.4) is 0 Å². The van der Waals surface area contributed by atoms with Crippen LogP contribution in [0.5, 0.6) is 0 Å². The van der Waals surface area contributed by atoms with Gasteiger partial charge in [0.2, 0.25) is 0 Å². The molecule has 1 atom stereocenters. The Bertz CT molecular complexity index is 985. The highest BCUT2D eigenvalue weighted by Gasteiger charge is 2.35. The topological polar surface area (TPSA) is 131 Å². The van der Waals surface area contributed by atoms with Crippen LogP contribution in [0.25, 0.3) is 0 Å². The molecule has 0 saturated heterocycles. The zero-order chi connectivity index (χ0) is 24.1. The van der Waals surface area contributed by atoms with E-state index in [1.165, 1.54) is 20.8 Å². The van der Waals surface area contributed by atoms with Gasteiger partial charge in [0.15, 0.2) is 30.5 Å². The second-order valence-corrected chi connectivity index (χ2v) is 9.18. The minimum atomic E-state index is -1.19. The van der Waals surface area contributed by atoms with Gasteiger partial charge >= 0.3 is 17.1 Å². The molecule has 32 heavy (non-hydrogen) atoms. The molecule has 2 rings (SSSR count). The first kappa shape index (κ1) is 25.7. The number of carbonyl (C=O) groups is 3. The highest BCUT2D eigenvalue weighted by Crippen LogP contribution is 2.31. The molecule has 0 aromatic carbocycles. The lowest BCUT2D eigenvalue weighted by atomic mass is 9.97. The van der Waals surface area contributed by atoms with Crippen LogP contribution < -0.4 is 5.82 Å². The third-order valence-corrected chi connectivity index (χ3v) is 5.86. The summed E-state index contributed by atoms with van der Waals surface area (Å²) in [5.74, 6) is -1.55. The number of thiol groups is 1. The van der Waals surface area contributed by atoms with Gasteiger partial charge in [-0.1, -0.05) is 0 Å². The second-order valence-electron chi connectivity index (χ2n) is 7.25. The van der Waals surface area contributed by atoms with Crippen LogP contribution >= 0.6 is 24.4 Å². The van der Waals surface area contributed by atoms with Crippen molar-refractivity contribution in [2.45, 2.75) is 45.5 Å². The van der Waals surface area contributed by atoms with E-state index in [9.17, 15) is 19.2 Å². The summed E-state index contributed by atoms with van der Waals surface area (Å²) in [6.07, 6.45) is -0.187. The third kappa shape index (κ3) is 6.95. The number of aryl methyl sites for hydroxylation is 1. The maximum atomic E-state index is 12.8. The standard InChI is InChI=1S/C20H24O10S2/c1-10-14(29-12(3)27-10)7-25-17(22)13(9-31)6-16(21)20(4,5)32-19(24)26-8-15-11(2)28-18(23)30-15/h13,31H,3,6-9H2,1-2,4-5H3/t13-/m0/s1. The lowest BCUT2D eigenvalue weighted by molar-refractivity contribution is -0.149. The van der Waals surface area contributed by atoms with E-state index in [-0.39, 0.29) is 48.6 Å². The van der Waals surface area contributed by atoms with E-state index in [1.54, 1.807) is 6.92 Å². The molecule has 0 bridgehead atoms. The minimum absolute atomic E-state index is 0.0661. The fraction of sp³-hybridized carbons (Fsp3) is 0.500. The number of Topliss-reactive ketones (excluding diaryl/α,β-unsaturated/α-hetero) is 1. The summed E-state index contributed by atoms with van der Waals surface area (Å²) in [5, 5.41) is -0.752. The van der Waals surface area contributed by atoms with Gasteiger partial charge < -0.3 is 27.8 Å². The molecule has 176 valence electrons. The van der Waals surface area contributed by atoms with Crippen molar-refractivity contribution < 1.29 is 42.2 Å². The Labute approximate surface area is 193 Å². The Morgan fingerprint density at radius 1 is 1.12 bits per heavy atom. The van der Waals surface area contributed by atoms with E-state index in [0.29, 0.717) is 23.3 Å². The van der Waals surface area contributed by atoms with Gasteiger partial charge in [-0.25, -0.2) is 9.59 Å². The zero-order valence-corrected chi connectivity index (χ0v) is 19.8. The van der Waals surface area contributed by atoms with Gasteiger partial charge in [-0.15, -0.1) is 0 Å². The van der Waals surface area contributed by atoms with E-state index < -0.39 is 27.8 Å². The number of hydrogen-bond acceptors (Lipinski definition) is 12. The average Bonchev–Trinajstić information content (AvgIpc) is 3.20. The maximum absolute atomic E-state index is 12.8. The number of hydrogen-bond donors (Lipinski definition) is 1. The van der Waals surface area contributed by atoms with Gasteiger partial charge in [0.1, 0.15) is 11.5 Å². The fourth-order valence-electron chi connectivity index (χ4n) is 2.46. The third-order valence-electron chi connectivity index (χ3n) is 4.39. The zero-order valence-electron chi connectivity index (χ0n) is 18.1. The van der Waals surface area contributed by atoms with Gasteiger partial charge in [0, 0.05) is 12.2 Å². The van der Waals surface area contributed by atoms with Crippen molar-refractivity contribution in [2.75, 3.05) is 12.4 Å². The van der Waals surface area contributed by atoms with Crippen LogP contribution in [0, 0.1) is 12.8 Å². The number of allylic oxidation sites excluding steroid dienone is 1. The van der Waals surface area contributed by atoms with Crippen molar-refractivity contribution in [3.05, 3.63) is 46.2 Å². The molecule has 1 aromatic rings. The van der Waals surface area contributed by atoms with Crippen molar-refractivity contribution in [2.24, 2.45) is 5.92 Å². The molecule has 0 N–H and O–H groups in total. The van der Waals surface area contributed by atoms with Gasteiger partial charge in [-0.3, -0.25) is 9.59 Å². The van der Waals surface area contributed by atoms with Crippen LogP contribution in [0.1, 0.15) is 38.7 Å². The number of esters is 1. The maximum Gasteiger partial charge on any atom is 0.519 e. The van der Waals surface area contributed by atoms with Crippen molar-refractivity contribution >= 4 is 41.4 Å². The second kappa shape index (κ2) is 10.8. The normalized spacial score (nSPS) is 14.6. The molecule has 0 spiro atoms. The first-order valence-electron chi connectivity index (χ1n) is 9.43. The molecule has 1 aromatic heterocycles. The molecule has 1 aliphatic heterocycles. The Hall–Kier alpha value is -2.60. The summed E-state index contributed by atoms with van der Waals surface area (Å²) in [6, 6.07) is 0. The van der Waals surface area contributed by atoms with E-state index >= 15 is 0 Å². The van der Waals surface area contributed by atoms with Gasteiger partial charge in [-0.2, -0.15) is 12.6 Å². The van der Waals surface area contributed by atoms with Crippen LogP contribution in [0.4, 0.5) is 4.79 Å². The molecule has 0 radical (unpaired) electrons. The predicted octanol–water partition coefficient (Wildman–Crippen LogP) is 3.49. The molecule has 10 nitrogen and oxygen atoms in total. The van der Waals surface area contributed by atoms with Crippen LogP contribution in [-0.4, -0.2) is 34.2 Å². The molecule has 0 saturated carbocycles. The number of ether oxygens (including phenoxy) is 4. The molecule has 1 aliphatic rings. The highest BCUT2D eigenvalue weighted by molar-refractivity contribution is 8.15. The molecular weight excluding hydrogens is 464 g/mol. The molecule has 2 heterocycles. The molecule has 0 unspecified atom stereocenters. The van der Waals surface area contributed by atoms with Crippen LogP contribution in [0.15, 0.2) is 37.7 Å². The molecule has 0 amide bonds. The van der Waals surface area contributed by atoms with Gasteiger partial charge in [0.05, 0.1) is 10.7 Å². The summed E-state index contributed by atoms with van der Waals surface area (Å²) < 4.78 is 28.8. The summed E-state index contributed by atoms with van der Waals surface area (Å²) in [5.41, 5.74) is 0. The lowest BCUT2D eigenvalue weighted by Gasteiger charge is -2.23. The average molecular weight is 489 g/mol. The van der Waals surface area contributed by atoms with E-state index in [0.717, 1.165) is 0 Å². The van der Waals surface area contributed by atoms with Gasteiger partial charge in [0.25, 0.3) is 5.95 Å². The van der Waals surface area contributed by atoms with Gasteiger partial charge in [-0.05, 0) is 46.0 Å². The Balaban J connectivity index is 1.86. The summed E-state index contributed by atoms with van der Waals surface area (Å²) in [6.45, 7) is 9.23. The fourth-order valence-corrected chi connectivity index (χ4v) is 3.47. The Morgan fingerprint density at radius 2 is 1.81 bits per heavy atom. The molecule has 12 heteroatoms. The van der Waals surface area contributed by atoms with Crippen LogP contribution in [0.2, 0.25) is 0 Å². The number of ketones is 1. The van der Waals surface area contributed by atoms with Crippen LogP contribution in [-0.2, 0) is 35.1 Å². The van der Waals surface area contributed by atoms with Crippen molar-refractivity contribution in [1.82, 2.24) is 0 Å². The Morgan fingerprint density at radius 3 is 2.34 bits per heavy atom. The first-order valence-corrected chi connectivity index (χ1v) is 10.9. The number of thioether (sulfide) groups is 1. The van der Waals surface area contributed by atoms with Crippen molar-refractivity contribution in [1.29, 1.82) is 0 Å². The van der Waals surface area contributed by atoms with Crippen molar-refractivity contribution in [3.8, 4) is 0 Å². The quantitative estimate of drug-likeness (QED) is 0.383. The SMILES string of the molecule is C=C1OC(C)=C(COC(=O)[C@H](CS)CC(=O)C(C)(C)SC(=O)OCc2oc(=O)oc2C)O1.